The maximum atomic E-state index is 13.0. The standard InChI is InChI=1S/C26H30F2N4O3/c1-3-34-24-13-19(9-12-23(24)35-26(27)28)16-31(21-10-11-21)18-25(33)30(2)15-20-14-29-32(17-20)22-7-5-4-6-8-22/h4-9,12-14,17,21,26H,3,10-11,15-16,18H2,1-2H3. The number of carbonyl (C=O) groups is 1. The molecule has 35 heavy (non-hydrogen) atoms. The maximum absolute atomic E-state index is 13.0. The molecule has 1 saturated carbocycles. The highest BCUT2D eigenvalue weighted by Gasteiger charge is 2.31. The van der Waals surface area contributed by atoms with E-state index in [1.807, 2.05) is 36.5 Å². The summed E-state index contributed by atoms with van der Waals surface area (Å²) < 4.78 is 37.2. The van der Waals surface area contributed by atoms with Gasteiger partial charge < -0.3 is 14.4 Å². The minimum absolute atomic E-state index is 0.00652. The molecule has 9 heteroatoms. The normalized spacial score (nSPS) is 13.3. The van der Waals surface area contributed by atoms with Gasteiger partial charge in [0.1, 0.15) is 0 Å². The Morgan fingerprint density at radius 1 is 1.11 bits per heavy atom. The number of aromatic nitrogens is 2. The lowest BCUT2D eigenvalue weighted by molar-refractivity contribution is -0.132. The van der Waals surface area contributed by atoms with E-state index in [9.17, 15) is 13.6 Å². The third kappa shape index (κ3) is 6.79. The summed E-state index contributed by atoms with van der Waals surface area (Å²) in [5, 5.41) is 4.40. The van der Waals surface area contributed by atoms with E-state index in [2.05, 4.69) is 14.7 Å². The van der Waals surface area contributed by atoms with Gasteiger partial charge in [0.15, 0.2) is 11.5 Å². The van der Waals surface area contributed by atoms with E-state index in [0.717, 1.165) is 29.7 Å². The summed E-state index contributed by atoms with van der Waals surface area (Å²) in [4.78, 5) is 16.9. The number of benzene rings is 2. The van der Waals surface area contributed by atoms with Gasteiger partial charge in [-0.25, -0.2) is 4.68 Å². The average Bonchev–Trinajstić information content (AvgIpc) is 3.59. The van der Waals surface area contributed by atoms with Crippen molar-refractivity contribution in [3.63, 3.8) is 0 Å². The minimum Gasteiger partial charge on any atom is -0.490 e. The van der Waals surface area contributed by atoms with E-state index >= 15 is 0 Å². The van der Waals surface area contributed by atoms with Crippen molar-refractivity contribution in [2.45, 2.75) is 45.5 Å². The van der Waals surface area contributed by atoms with Crippen molar-refractivity contribution in [1.82, 2.24) is 19.6 Å². The Morgan fingerprint density at radius 2 is 1.89 bits per heavy atom. The van der Waals surface area contributed by atoms with E-state index in [1.54, 1.807) is 41.9 Å². The molecule has 1 amide bonds. The molecule has 186 valence electrons. The van der Waals surface area contributed by atoms with E-state index in [0.29, 0.717) is 25.7 Å². The number of para-hydroxylation sites is 1. The summed E-state index contributed by atoms with van der Waals surface area (Å²) in [6, 6.07) is 15.1. The summed E-state index contributed by atoms with van der Waals surface area (Å²) in [5.74, 6) is 0.294. The van der Waals surface area contributed by atoms with Gasteiger partial charge in [-0.05, 0) is 49.6 Å². The monoisotopic (exact) mass is 484 g/mol. The zero-order valence-electron chi connectivity index (χ0n) is 19.9. The highest BCUT2D eigenvalue weighted by molar-refractivity contribution is 5.78. The molecule has 4 rings (SSSR count). The molecule has 0 unspecified atom stereocenters. The number of hydrogen-bond donors (Lipinski definition) is 0. The van der Waals surface area contributed by atoms with Crippen LogP contribution in [0.1, 0.15) is 30.9 Å². The maximum Gasteiger partial charge on any atom is 0.387 e. The van der Waals surface area contributed by atoms with Gasteiger partial charge in [0.2, 0.25) is 5.91 Å². The average molecular weight is 485 g/mol. The highest BCUT2D eigenvalue weighted by Crippen LogP contribution is 2.33. The molecule has 0 bridgehead atoms. The molecule has 1 heterocycles. The van der Waals surface area contributed by atoms with Gasteiger partial charge in [-0.2, -0.15) is 13.9 Å². The molecular weight excluding hydrogens is 454 g/mol. The van der Waals surface area contributed by atoms with Crippen LogP contribution in [0.3, 0.4) is 0 Å². The van der Waals surface area contributed by atoms with Gasteiger partial charge in [0.05, 0.1) is 25.0 Å². The SMILES string of the molecule is CCOc1cc(CN(CC(=O)N(C)Cc2cnn(-c3ccccc3)c2)C2CC2)ccc1OC(F)F. The van der Waals surface area contributed by atoms with Crippen LogP contribution in [-0.2, 0) is 17.9 Å². The van der Waals surface area contributed by atoms with Crippen molar-refractivity contribution >= 4 is 5.91 Å². The number of nitrogens with zero attached hydrogens (tertiary/aromatic N) is 4. The van der Waals surface area contributed by atoms with Crippen LogP contribution in [-0.4, -0.2) is 58.3 Å². The third-order valence-electron chi connectivity index (χ3n) is 5.81. The van der Waals surface area contributed by atoms with Crippen molar-refractivity contribution in [1.29, 1.82) is 0 Å². The van der Waals surface area contributed by atoms with Crippen LogP contribution < -0.4 is 9.47 Å². The highest BCUT2D eigenvalue weighted by atomic mass is 19.3. The number of alkyl halides is 2. The molecule has 0 radical (unpaired) electrons. The van der Waals surface area contributed by atoms with Gasteiger partial charge >= 0.3 is 6.61 Å². The minimum atomic E-state index is -2.92. The lowest BCUT2D eigenvalue weighted by Crippen LogP contribution is -2.38. The summed E-state index contributed by atoms with van der Waals surface area (Å²) >= 11 is 0. The fourth-order valence-corrected chi connectivity index (χ4v) is 3.92. The Labute approximate surface area is 203 Å². The summed E-state index contributed by atoms with van der Waals surface area (Å²) in [6.45, 7) is 0.444. The molecule has 7 nitrogen and oxygen atoms in total. The Hall–Kier alpha value is -3.46. The van der Waals surface area contributed by atoms with E-state index in [1.165, 1.54) is 6.07 Å². The Morgan fingerprint density at radius 3 is 2.57 bits per heavy atom. The van der Waals surface area contributed by atoms with Crippen LogP contribution in [0, 0.1) is 0 Å². The Kier molecular flexibility index (Phi) is 7.97. The van der Waals surface area contributed by atoms with Crippen LogP contribution in [0.4, 0.5) is 8.78 Å². The van der Waals surface area contributed by atoms with E-state index in [4.69, 9.17) is 4.74 Å². The van der Waals surface area contributed by atoms with Crippen LogP contribution in [0.2, 0.25) is 0 Å². The number of likely N-dealkylation sites (N-methyl/N-ethyl adjacent to an activating group) is 1. The first-order chi connectivity index (χ1) is 16.9. The fourth-order valence-electron chi connectivity index (χ4n) is 3.92. The molecule has 0 saturated heterocycles. The van der Waals surface area contributed by atoms with Crippen molar-refractivity contribution in [2.24, 2.45) is 0 Å². The number of halogens is 2. The first kappa shape index (κ1) is 24.7. The Balaban J connectivity index is 1.38. The predicted octanol–water partition coefficient (Wildman–Crippen LogP) is 4.50. The third-order valence-corrected chi connectivity index (χ3v) is 5.81. The molecule has 0 N–H and O–H groups in total. The zero-order chi connectivity index (χ0) is 24.8. The molecule has 1 aliphatic rings. The molecule has 3 aromatic rings. The molecular formula is C26H30F2N4O3. The number of rotatable bonds is 12. The second-order valence-corrected chi connectivity index (χ2v) is 8.61. The fraction of sp³-hybridized carbons (Fsp3) is 0.385. The largest absolute Gasteiger partial charge is 0.490 e. The lowest BCUT2D eigenvalue weighted by Gasteiger charge is -2.25. The van der Waals surface area contributed by atoms with E-state index < -0.39 is 6.61 Å². The molecule has 1 aliphatic carbocycles. The summed E-state index contributed by atoms with van der Waals surface area (Å²) in [7, 11) is 1.79. The molecule has 0 spiro atoms. The van der Waals surface area contributed by atoms with Crippen molar-refractivity contribution in [3.8, 4) is 17.2 Å². The number of carbonyl (C=O) groups excluding carboxylic acids is 1. The molecule has 1 fully saturated rings. The van der Waals surface area contributed by atoms with Gasteiger partial charge in [0.25, 0.3) is 0 Å². The molecule has 2 aromatic carbocycles. The smallest absolute Gasteiger partial charge is 0.387 e. The van der Waals surface area contributed by atoms with Crippen LogP contribution in [0.5, 0.6) is 11.5 Å². The molecule has 1 aromatic heterocycles. The summed E-state index contributed by atoms with van der Waals surface area (Å²) in [6.07, 6.45) is 5.77. The molecule has 0 aliphatic heterocycles. The summed E-state index contributed by atoms with van der Waals surface area (Å²) in [5.41, 5.74) is 2.78. The predicted molar refractivity (Wildman–Crippen MR) is 128 cm³/mol. The van der Waals surface area contributed by atoms with Gasteiger partial charge in [-0.15, -0.1) is 0 Å². The van der Waals surface area contributed by atoms with Crippen LogP contribution >= 0.6 is 0 Å². The number of ether oxygens (including phenoxy) is 2. The second kappa shape index (κ2) is 11.3. The lowest BCUT2D eigenvalue weighted by atomic mass is 10.1. The first-order valence-electron chi connectivity index (χ1n) is 11.7. The number of amides is 1. The second-order valence-electron chi connectivity index (χ2n) is 8.61. The Bertz CT molecular complexity index is 1120. The number of hydrogen-bond acceptors (Lipinski definition) is 5. The first-order valence-corrected chi connectivity index (χ1v) is 11.7. The topological polar surface area (TPSA) is 59.8 Å². The van der Waals surface area contributed by atoms with E-state index in [-0.39, 0.29) is 24.0 Å². The van der Waals surface area contributed by atoms with Gasteiger partial charge in [-0.3, -0.25) is 9.69 Å². The molecule has 0 atom stereocenters. The van der Waals surface area contributed by atoms with Gasteiger partial charge in [0, 0.05) is 37.9 Å². The van der Waals surface area contributed by atoms with Gasteiger partial charge in [-0.1, -0.05) is 24.3 Å². The van der Waals surface area contributed by atoms with Crippen molar-refractivity contribution in [2.75, 3.05) is 20.2 Å². The quantitative estimate of drug-likeness (QED) is 0.379. The van der Waals surface area contributed by atoms with Crippen molar-refractivity contribution < 1.29 is 23.0 Å². The zero-order valence-corrected chi connectivity index (χ0v) is 19.9. The van der Waals surface area contributed by atoms with Crippen LogP contribution in [0.15, 0.2) is 60.9 Å². The van der Waals surface area contributed by atoms with Crippen molar-refractivity contribution in [3.05, 3.63) is 72.1 Å². The van der Waals surface area contributed by atoms with Crippen LogP contribution in [0.25, 0.3) is 5.69 Å².